The second-order valence-electron chi connectivity index (χ2n) is 8.43. The number of hydrogen-bond donors (Lipinski definition) is 5. The standard InChI is InChI=1S/C27H23N5O6S2/c28-24(31-38)21-9-8-19(40-21)14-29-25(34)20-2-1-12-32(20)26(35)23(18-11-13-39-15-18)30-22(33)10-5-16-3-6-17(7-4-16)27(36)37/h1-4,6-9,11,13,15,20,23,38H,12,14H2,(H2,28,31)(H,29,34)(H,30,33)(H,36,37)/t20?,23-/m0/s1. The maximum absolute atomic E-state index is 13.6. The first-order valence-corrected chi connectivity index (χ1v) is 13.5. The molecule has 2 aromatic heterocycles. The quantitative estimate of drug-likeness (QED) is 0.0679. The van der Waals surface area contributed by atoms with Gasteiger partial charge in [0.1, 0.15) is 12.1 Å². The summed E-state index contributed by atoms with van der Waals surface area (Å²) in [5.74, 6) is 2.40. The predicted octanol–water partition coefficient (Wildman–Crippen LogP) is 1.89. The number of benzene rings is 1. The van der Waals surface area contributed by atoms with Crippen LogP contribution in [0.5, 0.6) is 0 Å². The van der Waals surface area contributed by atoms with Crippen LogP contribution in [0.3, 0.4) is 0 Å². The first-order chi connectivity index (χ1) is 19.3. The number of carboxylic acid groups (broad SMARTS) is 1. The minimum atomic E-state index is -1.07. The van der Waals surface area contributed by atoms with Gasteiger partial charge in [-0.05, 0) is 58.8 Å². The summed E-state index contributed by atoms with van der Waals surface area (Å²) in [6.07, 6.45) is 3.33. The van der Waals surface area contributed by atoms with Gasteiger partial charge in [0.2, 0.25) is 5.91 Å². The molecule has 0 fully saturated rings. The highest BCUT2D eigenvalue weighted by Gasteiger charge is 2.35. The zero-order valence-corrected chi connectivity index (χ0v) is 22.4. The van der Waals surface area contributed by atoms with Gasteiger partial charge in [-0.25, -0.2) is 4.79 Å². The molecule has 0 bridgehead atoms. The average molecular weight is 578 g/mol. The molecule has 3 amide bonds. The van der Waals surface area contributed by atoms with Crippen LogP contribution >= 0.6 is 22.7 Å². The number of hydrogen-bond acceptors (Lipinski definition) is 8. The molecule has 1 aromatic carbocycles. The van der Waals surface area contributed by atoms with Gasteiger partial charge >= 0.3 is 5.97 Å². The second kappa shape index (κ2) is 12.7. The SMILES string of the molecule is N/C(=N\O)c1ccc(CNC(=O)C2C=CCN2C(=O)[C@@H](NC(=O)C#Cc2ccc(C(=O)O)cc2)c2ccsc2)s1. The van der Waals surface area contributed by atoms with Gasteiger partial charge in [-0.1, -0.05) is 23.2 Å². The molecular weight excluding hydrogens is 554 g/mol. The number of amides is 3. The fraction of sp³-hybridized carbons (Fsp3) is 0.148. The Kier molecular flexibility index (Phi) is 8.95. The molecule has 0 saturated carbocycles. The number of oxime groups is 1. The number of rotatable bonds is 8. The summed E-state index contributed by atoms with van der Waals surface area (Å²) in [5, 5.41) is 29.7. The van der Waals surface area contributed by atoms with Crippen molar-refractivity contribution in [2.75, 3.05) is 6.54 Å². The van der Waals surface area contributed by atoms with E-state index in [1.54, 1.807) is 41.1 Å². The molecule has 0 saturated heterocycles. The normalized spacial score (nSPS) is 15.2. The molecular formula is C27H23N5O6S2. The van der Waals surface area contributed by atoms with E-state index in [-0.39, 0.29) is 24.5 Å². The first-order valence-electron chi connectivity index (χ1n) is 11.8. The summed E-state index contributed by atoms with van der Waals surface area (Å²) in [7, 11) is 0. The van der Waals surface area contributed by atoms with Crippen molar-refractivity contribution >= 4 is 52.2 Å². The van der Waals surface area contributed by atoms with Crippen molar-refractivity contribution < 1.29 is 29.5 Å². The van der Waals surface area contributed by atoms with Crippen LogP contribution in [0.4, 0.5) is 0 Å². The summed E-state index contributed by atoms with van der Waals surface area (Å²) in [5.41, 5.74) is 6.67. The fourth-order valence-electron chi connectivity index (χ4n) is 3.80. The van der Waals surface area contributed by atoms with E-state index < -0.39 is 35.8 Å². The third kappa shape index (κ3) is 6.73. The highest BCUT2D eigenvalue weighted by molar-refractivity contribution is 7.14. The van der Waals surface area contributed by atoms with Crippen LogP contribution in [-0.2, 0) is 20.9 Å². The molecule has 11 nitrogen and oxygen atoms in total. The number of thiophene rings is 2. The molecule has 40 heavy (non-hydrogen) atoms. The van der Waals surface area contributed by atoms with E-state index in [0.717, 1.165) is 4.88 Å². The lowest BCUT2D eigenvalue weighted by atomic mass is 10.1. The van der Waals surface area contributed by atoms with Crippen LogP contribution in [0, 0.1) is 11.8 Å². The minimum Gasteiger partial charge on any atom is -0.478 e. The minimum absolute atomic E-state index is 0.0274. The van der Waals surface area contributed by atoms with Crippen molar-refractivity contribution in [1.82, 2.24) is 15.5 Å². The monoisotopic (exact) mass is 577 g/mol. The third-order valence-corrected chi connectivity index (χ3v) is 7.63. The van der Waals surface area contributed by atoms with Gasteiger partial charge in [0.15, 0.2) is 5.84 Å². The summed E-state index contributed by atoms with van der Waals surface area (Å²) in [6, 6.07) is 8.90. The van der Waals surface area contributed by atoms with E-state index in [1.165, 1.54) is 51.8 Å². The molecule has 0 radical (unpaired) electrons. The van der Waals surface area contributed by atoms with Gasteiger partial charge < -0.3 is 31.6 Å². The fourth-order valence-corrected chi connectivity index (χ4v) is 5.33. The highest BCUT2D eigenvalue weighted by atomic mass is 32.1. The molecule has 6 N–H and O–H groups in total. The smallest absolute Gasteiger partial charge is 0.335 e. The Bertz CT molecular complexity index is 1530. The summed E-state index contributed by atoms with van der Waals surface area (Å²) < 4.78 is 0. The molecule has 1 aliphatic heterocycles. The van der Waals surface area contributed by atoms with Crippen LogP contribution < -0.4 is 16.4 Å². The topological polar surface area (TPSA) is 174 Å². The number of nitrogens with two attached hydrogens (primary N) is 1. The van der Waals surface area contributed by atoms with Crippen LogP contribution in [0.15, 0.2) is 70.5 Å². The van der Waals surface area contributed by atoms with Crippen molar-refractivity contribution in [1.29, 1.82) is 0 Å². The first kappa shape index (κ1) is 28.1. The van der Waals surface area contributed by atoms with E-state index >= 15 is 0 Å². The lowest BCUT2D eigenvalue weighted by Crippen LogP contribution is -2.50. The lowest BCUT2D eigenvalue weighted by Gasteiger charge is -2.28. The molecule has 4 rings (SSSR count). The largest absolute Gasteiger partial charge is 0.478 e. The number of carbonyl (C=O) groups is 4. The van der Waals surface area contributed by atoms with Crippen molar-refractivity contribution in [2.24, 2.45) is 10.9 Å². The molecule has 0 aliphatic carbocycles. The van der Waals surface area contributed by atoms with E-state index in [1.807, 2.05) is 0 Å². The number of amidine groups is 1. The van der Waals surface area contributed by atoms with Crippen LogP contribution in [0.2, 0.25) is 0 Å². The molecule has 1 unspecified atom stereocenters. The van der Waals surface area contributed by atoms with Crippen molar-refractivity contribution in [3.8, 4) is 11.8 Å². The lowest BCUT2D eigenvalue weighted by molar-refractivity contribution is -0.140. The Balaban J connectivity index is 1.43. The summed E-state index contributed by atoms with van der Waals surface area (Å²) in [4.78, 5) is 53.0. The van der Waals surface area contributed by atoms with Crippen molar-refractivity contribution in [2.45, 2.75) is 18.6 Å². The van der Waals surface area contributed by atoms with E-state index in [0.29, 0.717) is 16.0 Å². The Morgan fingerprint density at radius 3 is 2.60 bits per heavy atom. The molecule has 3 aromatic rings. The van der Waals surface area contributed by atoms with Crippen molar-refractivity contribution in [3.05, 3.63) is 91.8 Å². The number of carbonyl (C=O) groups excluding carboxylic acids is 3. The second-order valence-corrected chi connectivity index (χ2v) is 10.4. The van der Waals surface area contributed by atoms with Crippen LogP contribution in [0.1, 0.15) is 37.3 Å². The zero-order chi connectivity index (χ0) is 28.6. The van der Waals surface area contributed by atoms with Gasteiger partial charge in [-0.3, -0.25) is 14.4 Å². The maximum atomic E-state index is 13.6. The maximum Gasteiger partial charge on any atom is 0.335 e. The summed E-state index contributed by atoms with van der Waals surface area (Å²) >= 11 is 2.61. The molecule has 204 valence electrons. The Morgan fingerprint density at radius 2 is 1.93 bits per heavy atom. The molecule has 0 spiro atoms. The number of nitrogens with zero attached hydrogens (tertiary/aromatic N) is 2. The van der Waals surface area contributed by atoms with Gasteiger partial charge in [-0.2, -0.15) is 11.3 Å². The number of carboxylic acids is 1. The number of nitrogens with one attached hydrogen (secondary N) is 2. The number of aromatic carboxylic acids is 1. The summed E-state index contributed by atoms with van der Waals surface area (Å²) in [6.45, 7) is 0.365. The molecule has 3 heterocycles. The molecule has 1 aliphatic rings. The van der Waals surface area contributed by atoms with Gasteiger partial charge in [0.25, 0.3) is 11.8 Å². The molecule has 2 atom stereocenters. The van der Waals surface area contributed by atoms with E-state index in [4.69, 9.17) is 16.0 Å². The van der Waals surface area contributed by atoms with Crippen molar-refractivity contribution in [3.63, 3.8) is 0 Å². The zero-order valence-electron chi connectivity index (χ0n) is 20.7. The third-order valence-electron chi connectivity index (χ3n) is 5.82. The Morgan fingerprint density at radius 1 is 1.15 bits per heavy atom. The van der Waals surface area contributed by atoms with E-state index in [9.17, 15) is 19.2 Å². The molecule has 13 heteroatoms. The predicted molar refractivity (Wildman–Crippen MR) is 149 cm³/mol. The Labute approximate surface area is 236 Å². The van der Waals surface area contributed by atoms with Crippen LogP contribution in [0.25, 0.3) is 0 Å². The average Bonchev–Trinajstić information content (AvgIpc) is 3.75. The van der Waals surface area contributed by atoms with Crippen LogP contribution in [-0.4, -0.2) is 57.3 Å². The van der Waals surface area contributed by atoms with Gasteiger partial charge in [-0.15, -0.1) is 11.3 Å². The Hall–Kier alpha value is -4.93. The highest BCUT2D eigenvalue weighted by Crippen LogP contribution is 2.23. The van der Waals surface area contributed by atoms with Gasteiger partial charge in [0.05, 0.1) is 17.0 Å². The van der Waals surface area contributed by atoms with E-state index in [2.05, 4.69) is 27.6 Å². The van der Waals surface area contributed by atoms with Gasteiger partial charge in [0, 0.05) is 22.9 Å².